The molecule has 1 aliphatic rings. The Hall–Kier alpha value is -1.89. The van der Waals surface area contributed by atoms with Gasteiger partial charge in [-0.2, -0.15) is 5.10 Å². The summed E-state index contributed by atoms with van der Waals surface area (Å²) in [6.45, 7) is 2.29. The predicted molar refractivity (Wildman–Crippen MR) is 73.9 cm³/mol. The largest absolute Gasteiger partial charge is 0.354 e. The Balaban J connectivity index is 1.63. The molecular formula is C13H21N5O2. The van der Waals surface area contributed by atoms with Crippen LogP contribution in [0.4, 0.5) is 0 Å². The summed E-state index contributed by atoms with van der Waals surface area (Å²) in [6, 6.07) is 1.47. The maximum Gasteiger partial charge on any atom is 0.242 e. The first-order chi connectivity index (χ1) is 9.75. The zero-order chi connectivity index (χ0) is 14.2. The molecule has 0 aliphatic carbocycles. The molecule has 0 bridgehead atoms. The van der Waals surface area contributed by atoms with Crippen molar-refractivity contribution < 1.29 is 9.59 Å². The number of aromatic nitrogens is 2. The van der Waals surface area contributed by atoms with Crippen LogP contribution in [0.5, 0.6) is 0 Å². The van der Waals surface area contributed by atoms with E-state index >= 15 is 0 Å². The van der Waals surface area contributed by atoms with E-state index in [4.69, 9.17) is 0 Å². The van der Waals surface area contributed by atoms with E-state index in [0.717, 1.165) is 12.8 Å². The normalized spacial score (nSPS) is 19.2. The Bertz CT molecular complexity index is 432. The zero-order valence-corrected chi connectivity index (χ0v) is 11.5. The lowest BCUT2D eigenvalue weighted by molar-refractivity contribution is -0.128. The summed E-state index contributed by atoms with van der Waals surface area (Å²) in [5.74, 6) is -0.222. The molecule has 2 rings (SSSR count). The number of carbonyl (C=O) groups excluding carboxylic acids is 2. The van der Waals surface area contributed by atoms with Gasteiger partial charge in [0.2, 0.25) is 11.8 Å². The van der Waals surface area contributed by atoms with Crippen molar-refractivity contribution in [2.75, 3.05) is 19.6 Å². The highest BCUT2D eigenvalue weighted by Crippen LogP contribution is 2.04. The van der Waals surface area contributed by atoms with E-state index in [1.165, 1.54) is 0 Å². The van der Waals surface area contributed by atoms with Gasteiger partial charge in [0.15, 0.2) is 0 Å². The summed E-state index contributed by atoms with van der Waals surface area (Å²) in [6.07, 6.45) is 6.23. The molecule has 0 spiro atoms. The van der Waals surface area contributed by atoms with Crippen LogP contribution in [-0.4, -0.2) is 47.3 Å². The third-order valence-corrected chi connectivity index (χ3v) is 3.23. The molecule has 1 atom stereocenters. The van der Waals surface area contributed by atoms with Gasteiger partial charge in [0, 0.05) is 25.5 Å². The average molecular weight is 279 g/mol. The van der Waals surface area contributed by atoms with E-state index < -0.39 is 6.04 Å². The van der Waals surface area contributed by atoms with Gasteiger partial charge in [0.1, 0.15) is 6.04 Å². The second kappa shape index (κ2) is 7.64. The molecule has 2 heterocycles. The lowest BCUT2D eigenvalue weighted by atomic mass is 10.1. The molecule has 1 aromatic rings. The summed E-state index contributed by atoms with van der Waals surface area (Å²) in [5.41, 5.74) is 0. The number of amides is 2. The first kappa shape index (κ1) is 14.5. The number of carbonyl (C=O) groups is 2. The van der Waals surface area contributed by atoms with Gasteiger partial charge in [0.05, 0.1) is 13.1 Å². The van der Waals surface area contributed by atoms with Crippen molar-refractivity contribution >= 4 is 11.8 Å². The van der Waals surface area contributed by atoms with Crippen molar-refractivity contribution in [3.8, 4) is 0 Å². The molecule has 0 aromatic carbocycles. The topological polar surface area (TPSA) is 88.1 Å². The van der Waals surface area contributed by atoms with Crippen molar-refractivity contribution in [2.24, 2.45) is 0 Å². The monoisotopic (exact) mass is 279 g/mol. The second-order valence-electron chi connectivity index (χ2n) is 4.85. The van der Waals surface area contributed by atoms with Gasteiger partial charge in [-0.25, -0.2) is 0 Å². The van der Waals surface area contributed by atoms with Crippen LogP contribution < -0.4 is 16.0 Å². The molecule has 3 N–H and O–H groups in total. The zero-order valence-electron chi connectivity index (χ0n) is 11.5. The quantitative estimate of drug-likeness (QED) is 0.598. The van der Waals surface area contributed by atoms with Crippen LogP contribution in [0, 0.1) is 0 Å². The Morgan fingerprint density at radius 3 is 3.20 bits per heavy atom. The molecule has 2 amide bonds. The minimum atomic E-state index is -0.391. The molecular weight excluding hydrogens is 258 g/mol. The van der Waals surface area contributed by atoms with Crippen molar-refractivity contribution in [1.29, 1.82) is 0 Å². The van der Waals surface area contributed by atoms with Gasteiger partial charge in [0.25, 0.3) is 0 Å². The van der Waals surface area contributed by atoms with Gasteiger partial charge >= 0.3 is 0 Å². The van der Waals surface area contributed by atoms with Crippen molar-refractivity contribution in [1.82, 2.24) is 25.7 Å². The van der Waals surface area contributed by atoms with Crippen LogP contribution in [-0.2, 0) is 16.1 Å². The molecule has 0 saturated carbocycles. The Labute approximate surface area is 118 Å². The maximum atomic E-state index is 11.8. The first-order valence-corrected chi connectivity index (χ1v) is 7.01. The molecule has 0 radical (unpaired) electrons. The standard InChI is InChI=1S/C13H21N5O2/c19-12(10-14-7-9-18-8-3-6-16-18)17-11-4-1-2-5-15-13(11)20/h3,6,8,11,14H,1-2,4-5,7,9-10H2,(H,15,20)(H,17,19). The summed E-state index contributed by atoms with van der Waals surface area (Å²) in [7, 11) is 0. The van der Waals surface area contributed by atoms with E-state index in [-0.39, 0.29) is 18.4 Å². The fourth-order valence-electron chi connectivity index (χ4n) is 2.15. The van der Waals surface area contributed by atoms with Gasteiger partial charge in [-0.3, -0.25) is 14.3 Å². The number of rotatable bonds is 6. The molecule has 20 heavy (non-hydrogen) atoms. The van der Waals surface area contributed by atoms with Crippen LogP contribution in [0.25, 0.3) is 0 Å². The highest BCUT2D eigenvalue weighted by Gasteiger charge is 2.21. The van der Waals surface area contributed by atoms with Crippen molar-refractivity contribution in [2.45, 2.75) is 31.8 Å². The summed E-state index contributed by atoms with van der Waals surface area (Å²) < 4.78 is 1.80. The Morgan fingerprint density at radius 1 is 1.50 bits per heavy atom. The summed E-state index contributed by atoms with van der Waals surface area (Å²) in [4.78, 5) is 23.4. The number of hydrogen-bond acceptors (Lipinski definition) is 4. The molecule has 7 heteroatoms. The van der Waals surface area contributed by atoms with E-state index in [2.05, 4.69) is 21.0 Å². The molecule has 1 aliphatic heterocycles. The fraction of sp³-hybridized carbons (Fsp3) is 0.615. The van der Waals surface area contributed by atoms with E-state index in [1.54, 1.807) is 10.9 Å². The summed E-state index contributed by atoms with van der Waals surface area (Å²) >= 11 is 0. The fourth-order valence-corrected chi connectivity index (χ4v) is 2.15. The molecule has 110 valence electrons. The third kappa shape index (κ3) is 4.65. The van der Waals surface area contributed by atoms with Gasteiger partial charge < -0.3 is 16.0 Å². The highest BCUT2D eigenvalue weighted by molar-refractivity contribution is 5.88. The SMILES string of the molecule is O=C(CNCCn1cccn1)NC1CCCCNC1=O. The molecule has 1 aromatic heterocycles. The van der Waals surface area contributed by atoms with Crippen molar-refractivity contribution in [3.05, 3.63) is 18.5 Å². The van der Waals surface area contributed by atoms with E-state index in [1.807, 2.05) is 12.3 Å². The average Bonchev–Trinajstić information content (AvgIpc) is 2.87. The lowest BCUT2D eigenvalue weighted by Gasteiger charge is -2.15. The number of nitrogens with one attached hydrogen (secondary N) is 3. The molecule has 7 nitrogen and oxygen atoms in total. The third-order valence-electron chi connectivity index (χ3n) is 3.23. The van der Waals surface area contributed by atoms with Crippen LogP contribution in [0.2, 0.25) is 0 Å². The van der Waals surface area contributed by atoms with Crippen LogP contribution in [0.1, 0.15) is 19.3 Å². The first-order valence-electron chi connectivity index (χ1n) is 7.01. The van der Waals surface area contributed by atoms with Crippen LogP contribution in [0.3, 0.4) is 0 Å². The van der Waals surface area contributed by atoms with Gasteiger partial charge in [-0.15, -0.1) is 0 Å². The molecule has 1 unspecified atom stereocenters. The highest BCUT2D eigenvalue weighted by atomic mass is 16.2. The molecule has 1 saturated heterocycles. The minimum absolute atomic E-state index is 0.0765. The Morgan fingerprint density at radius 2 is 2.40 bits per heavy atom. The van der Waals surface area contributed by atoms with Crippen LogP contribution >= 0.6 is 0 Å². The van der Waals surface area contributed by atoms with Gasteiger partial charge in [-0.05, 0) is 25.3 Å². The second-order valence-corrected chi connectivity index (χ2v) is 4.85. The van der Waals surface area contributed by atoms with Crippen LogP contribution in [0.15, 0.2) is 18.5 Å². The van der Waals surface area contributed by atoms with Crippen molar-refractivity contribution in [3.63, 3.8) is 0 Å². The predicted octanol–water partition coefficient (Wildman–Crippen LogP) is -0.742. The Kier molecular flexibility index (Phi) is 5.55. The summed E-state index contributed by atoms with van der Waals surface area (Å²) in [5, 5.41) is 12.7. The van der Waals surface area contributed by atoms with E-state index in [9.17, 15) is 9.59 Å². The lowest BCUT2D eigenvalue weighted by Crippen LogP contribution is -2.48. The molecule has 1 fully saturated rings. The number of nitrogens with zero attached hydrogens (tertiary/aromatic N) is 2. The smallest absolute Gasteiger partial charge is 0.242 e. The van der Waals surface area contributed by atoms with Gasteiger partial charge in [-0.1, -0.05) is 0 Å². The number of hydrogen-bond donors (Lipinski definition) is 3. The minimum Gasteiger partial charge on any atom is -0.354 e. The maximum absolute atomic E-state index is 11.8. The van der Waals surface area contributed by atoms with E-state index in [0.29, 0.717) is 26.1 Å².